The molecule has 1 aromatic heterocycles. The lowest BCUT2D eigenvalue weighted by Gasteiger charge is -2.32. The van der Waals surface area contributed by atoms with E-state index in [1.807, 2.05) is 0 Å². The van der Waals surface area contributed by atoms with Crippen LogP contribution in [0.4, 0.5) is 0 Å². The predicted octanol–water partition coefficient (Wildman–Crippen LogP) is 1.81. The molecular formula is C27H41N3O9P-. The molecule has 12 nitrogen and oxygen atoms in total. The molecule has 2 N–H and O–H groups in total. The number of hydrogen-bond donors (Lipinski definition) is 2. The first-order valence-corrected chi connectivity index (χ1v) is 16.0. The van der Waals surface area contributed by atoms with Crippen molar-refractivity contribution in [2.45, 2.75) is 95.2 Å². The number of aromatic amines is 1. The quantitative estimate of drug-likeness (QED) is 0.168. The normalized spacial score (nSPS) is 24.9. The van der Waals surface area contributed by atoms with E-state index >= 15 is 0 Å². The highest BCUT2D eigenvalue weighted by molar-refractivity contribution is 7.50. The van der Waals surface area contributed by atoms with Gasteiger partial charge in [-0.1, -0.05) is 70.1 Å². The Balaban J connectivity index is 1.55. The van der Waals surface area contributed by atoms with Crippen LogP contribution >= 0.6 is 7.60 Å². The van der Waals surface area contributed by atoms with Crippen molar-refractivity contribution in [2.24, 2.45) is 0 Å². The average molecular weight is 583 g/mol. The molecule has 2 bridgehead atoms. The molecule has 2 unspecified atom stereocenters. The van der Waals surface area contributed by atoms with Crippen LogP contribution in [0.3, 0.4) is 0 Å². The Morgan fingerprint density at radius 1 is 1.23 bits per heavy atom. The largest absolute Gasteiger partial charge is 0.779 e. The first-order valence-electron chi connectivity index (χ1n) is 14.0. The lowest BCUT2D eigenvalue weighted by molar-refractivity contribution is -0.208. The number of H-pyrrole nitrogens is 1. The van der Waals surface area contributed by atoms with Crippen LogP contribution in [0.5, 0.6) is 0 Å². The number of nitrogens with one attached hydrogen (secondary N) is 2. The van der Waals surface area contributed by atoms with E-state index < -0.39 is 42.9 Å². The van der Waals surface area contributed by atoms with Crippen molar-refractivity contribution in [3.05, 3.63) is 32.6 Å². The topological polar surface area (TPSA) is 161 Å². The van der Waals surface area contributed by atoms with Gasteiger partial charge in [-0.05, 0) is 6.42 Å². The van der Waals surface area contributed by atoms with E-state index in [0.717, 1.165) is 30.5 Å². The van der Waals surface area contributed by atoms with Crippen molar-refractivity contribution in [1.82, 2.24) is 14.9 Å². The van der Waals surface area contributed by atoms with Gasteiger partial charge in [-0.3, -0.25) is 19.1 Å². The Morgan fingerprint density at radius 2 is 1.90 bits per heavy atom. The fourth-order valence-electron chi connectivity index (χ4n) is 5.06. The van der Waals surface area contributed by atoms with E-state index in [0.29, 0.717) is 6.42 Å². The molecule has 0 saturated carbocycles. The molecule has 1 amide bonds. The monoisotopic (exact) mass is 582 g/mol. The third kappa shape index (κ3) is 8.87. The van der Waals surface area contributed by atoms with Crippen LogP contribution in [-0.4, -0.2) is 66.8 Å². The van der Waals surface area contributed by atoms with Crippen LogP contribution in [0.1, 0.15) is 82.9 Å². The summed E-state index contributed by atoms with van der Waals surface area (Å²) in [6.45, 7) is 3.17. The number of rotatable bonds is 16. The van der Waals surface area contributed by atoms with Crippen LogP contribution in [0, 0.1) is 11.8 Å². The van der Waals surface area contributed by atoms with Crippen molar-refractivity contribution >= 4 is 13.5 Å². The van der Waals surface area contributed by atoms with E-state index in [9.17, 15) is 23.8 Å². The minimum atomic E-state index is -4.18. The van der Waals surface area contributed by atoms with Crippen LogP contribution in [0.25, 0.3) is 0 Å². The van der Waals surface area contributed by atoms with Gasteiger partial charge in [-0.25, -0.2) is 4.79 Å². The summed E-state index contributed by atoms with van der Waals surface area (Å²) in [5, 5.41) is 2.72. The summed E-state index contributed by atoms with van der Waals surface area (Å²) in [4.78, 5) is 51.2. The number of carbonyl (C=O) groups excluding carboxylic acids is 1. The summed E-state index contributed by atoms with van der Waals surface area (Å²) in [6.07, 6.45) is 9.11. The number of amides is 1. The zero-order chi connectivity index (χ0) is 29.2. The van der Waals surface area contributed by atoms with Crippen LogP contribution in [-0.2, 0) is 28.1 Å². The molecule has 2 fully saturated rings. The van der Waals surface area contributed by atoms with Crippen molar-refractivity contribution in [3.8, 4) is 11.8 Å². The fraction of sp³-hybridized carbons (Fsp3) is 0.741. The Labute approximate surface area is 234 Å². The molecule has 224 valence electrons. The van der Waals surface area contributed by atoms with Gasteiger partial charge in [0.15, 0.2) is 6.23 Å². The van der Waals surface area contributed by atoms with Gasteiger partial charge in [0, 0.05) is 26.4 Å². The second-order valence-corrected chi connectivity index (χ2v) is 12.2. The van der Waals surface area contributed by atoms with Gasteiger partial charge in [-0.2, -0.15) is 0 Å². The van der Waals surface area contributed by atoms with Crippen LogP contribution in [0.2, 0.25) is 0 Å². The molecule has 2 aliphatic rings. The van der Waals surface area contributed by atoms with Gasteiger partial charge >= 0.3 is 5.69 Å². The second kappa shape index (κ2) is 15.1. The number of aromatic nitrogens is 2. The van der Waals surface area contributed by atoms with Crippen molar-refractivity contribution < 1.29 is 33.0 Å². The zero-order valence-corrected chi connectivity index (χ0v) is 24.5. The third-order valence-corrected chi connectivity index (χ3v) is 7.62. The minimum absolute atomic E-state index is 0.0101. The summed E-state index contributed by atoms with van der Waals surface area (Å²) in [7, 11) is -2.75. The number of methoxy groups -OCH3 is 1. The standard InChI is InChI=1S/C27H42N3O9P/c1-4-5-6-7-8-9-10-11-12-15-21(31)28-16-13-14-20-17-30(26(33)29-24(20)32)25-22-23(39-40(3,34)35)27(38-25,18-36-2)19-37-22/h17,22-23,25H,4-12,15-16,18-19H2,1-3H3,(H,28,31)(H,34,35)(H,29,32,33)/p-1/t22?,23-,25+,27+/m0/s1. The zero-order valence-electron chi connectivity index (χ0n) is 23.6. The molecule has 5 atom stereocenters. The molecule has 0 aromatic carbocycles. The van der Waals surface area contributed by atoms with E-state index in [4.69, 9.17) is 18.7 Å². The van der Waals surface area contributed by atoms with Gasteiger partial charge in [0.2, 0.25) is 5.91 Å². The molecule has 0 aliphatic carbocycles. The summed E-state index contributed by atoms with van der Waals surface area (Å²) in [5.74, 6) is 5.31. The van der Waals surface area contributed by atoms with Crippen LogP contribution in [0.15, 0.2) is 15.8 Å². The molecule has 40 heavy (non-hydrogen) atoms. The molecule has 2 saturated heterocycles. The molecule has 3 heterocycles. The number of fused-ring (bicyclic) bond motifs is 2. The molecule has 0 radical (unpaired) electrons. The molecule has 0 spiro atoms. The second-order valence-electron chi connectivity index (χ2n) is 10.4. The molecular weight excluding hydrogens is 541 g/mol. The number of nitrogens with zero attached hydrogens (tertiary/aromatic N) is 1. The fourth-order valence-corrected chi connectivity index (χ4v) is 5.78. The summed E-state index contributed by atoms with van der Waals surface area (Å²) >= 11 is 0. The molecule has 3 rings (SSSR count). The van der Waals surface area contributed by atoms with Gasteiger partial charge < -0.3 is 33.5 Å². The highest BCUT2D eigenvalue weighted by Gasteiger charge is 2.64. The third-order valence-electron chi connectivity index (χ3n) is 7.01. The number of carbonyl (C=O) groups is 1. The maximum Gasteiger partial charge on any atom is 0.330 e. The lowest BCUT2D eigenvalue weighted by Crippen LogP contribution is -2.46. The van der Waals surface area contributed by atoms with E-state index in [2.05, 4.69) is 29.1 Å². The van der Waals surface area contributed by atoms with Crippen molar-refractivity contribution in [2.75, 3.05) is 33.5 Å². The first kappa shape index (κ1) is 32.3. The van der Waals surface area contributed by atoms with E-state index in [-0.39, 0.29) is 31.2 Å². The lowest BCUT2D eigenvalue weighted by atomic mass is 10.0. The van der Waals surface area contributed by atoms with Gasteiger partial charge in [0.05, 0.1) is 19.8 Å². The van der Waals surface area contributed by atoms with Crippen molar-refractivity contribution in [3.63, 3.8) is 0 Å². The number of hydrogen-bond acceptors (Lipinski definition) is 9. The Hall–Kier alpha value is -2.26. The first-order chi connectivity index (χ1) is 19.1. The smallest absolute Gasteiger partial charge is 0.330 e. The molecule has 2 aliphatic heterocycles. The highest BCUT2D eigenvalue weighted by Crippen LogP contribution is 2.51. The SMILES string of the molecule is CCCCCCCCCCCC(=O)NCC#Cc1cn([C@@H]2O[C@]3(COC)COC2[C@@H]3OP(C)(=O)[O-])c(=O)[nH]c1=O. The number of ether oxygens (including phenoxy) is 3. The molecule has 13 heteroatoms. The van der Waals surface area contributed by atoms with Crippen molar-refractivity contribution in [1.29, 1.82) is 0 Å². The van der Waals surface area contributed by atoms with Crippen LogP contribution < -0.4 is 21.5 Å². The number of unbranched alkanes of at least 4 members (excludes halogenated alkanes) is 8. The summed E-state index contributed by atoms with van der Waals surface area (Å²) in [5.41, 5.74) is -2.75. The summed E-state index contributed by atoms with van der Waals surface area (Å²) < 4.78 is 35.2. The Bertz CT molecular complexity index is 1210. The predicted molar refractivity (Wildman–Crippen MR) is 146 cm³/mol. The highest BCUT2D eigenvalue weighted by atomic mass is 31.2. The van der Waals surface area contributed by atoms with Gasteiger partial charge in [0.1, 0.15) is 31.0 Å². The maximum atomic E-state index is 12.6. The minimum Gasteiger partial charge on any atom is -0.779 e. The van der Waals surface area contributed by atoms with E-state index in [1.165, 1.54) is 51.8 Å². The molecule has 1 aromatic rings. The summed E-state index contributed by atoms with van der Waals surface area (Å²) in [6, 6.07) is 0. The van der Waals surface area contributed by atoms with E-state index in [1.54, 1.807) is 0 Å². The maximum absolute atomic E-state index is 12.6. The van der Waals surface area contributed by atoms with Gasteiger partial charge in [0.25, 0.3) is 5.56 Å². The Morgan fingerprint density at radius 3 is 2.55 bits per heavy atom. The average Bonchev–Trinajstić information content (AvgIpc) is 3.36. The van der Waals surface area contributed by atoms with Gasteiger partial charge in [-0.15, -0.1) is 0 Å². The Kier molecular flexibility index (Phi) is 12.2.